The molecular formula is C10H16N2O3. The van der Waals surface area contributed by atoms with Crippen LogP contribution < -0.4 is 5.32 Å². The highest BCUT2D eigenvalue weighted by atomic mass is 16.5. The van der Waals surface area contributed by atoms with E-state index in [1.54, 1.807) is 0 Å². The predicted molar refractivity (Wildman–Crippen MR) is 55.1 cm³/mol. The van der Waals surface area contributed by atoms with E-state index >= 15 is 0 Å². The molecule has 0 aromatic heterocycles. The number of carbonyl (C=O) groups excluding carboxylic acids is 2. The monoisotopic (exact) mass is 212 g/mol. The molecule has 1 saturated heterocycles. The standard InChI is InChI=1S/C10H16N2O3/c1-2-15-10(14)11-6-4-8-12-7-3-5-9(12)13/h2H,1,3-8H2,(H,11,14). The van der Waals surface area contributed by atoms with E-state index in [0.29, 0.717) is 19.5 Å². The van der Waals surface area contributed by atoms with E-state index in [0.717, 1.165) is 25.6 Å². The summed E-state index contributed by atoms with van der Waals surface area (Å²) in [6.45, 7) is 5.32. The lowest BCUT2D eigenvalue weighted by Gasteiger charge is -2.14. The zero-order valence-corrected chi connectivity index (χ0v) is 8.70. The summed E-state index contributed by atoms with van der Waals surface area (Å²) in [6.07, 6.45) is 2.94. The van der Waals surface area contributed by atoms with Crippen molar-refractivity contribution in [1.29, 1.82) is 0 Å². The van der Waals surface area contributed by atoms with Gasteiger partial charge in [-0.15, -0.1) is 0 Å². The van der Waals surface area contributed by atoms with Crippen LogP contribution in [0.3, 0.4) is 0 Å². The van der Waals surface area contributed by atoms with Crippen molar-refractivity contribution in [2.75, 3.05) is 19.6 Å². The Labute approximate surface area is 89.1 Å². The van der Waals surface area contributed by atoms with E-state index in [2.05, 4.69) is 16.6 Å². The molecule has 0 spiro atoms. The second-order valence-corrected chi connectivity index (χ2v) is 3.34. The maximum absolute atomic E-state index is 11.2. The summed E-state index contributed by atoms with van der Waals surface area (Å²) in [5, 5.41) is 2.55. The van der Waals surface area contributed by atoms with Gasteiger partial charge in [0, 0.05) is 26.1 Å². The van der Waals surface area contributed by atoms with Gasteiger partial charge in [-0.05, 0) is 12.8 Å². The minimum atomic E-state index is -0.502. The summed E-state index contributed by atoms with van der Waals surface area (Å²) in [4.78, 5) is 23.8. The Morgan fingerprint density at radius 2 is 2.47 bits per heavy atom. The van der Waals surface area contributed by atoms with Crippen LogP contribution in [0.4, 0.5) is 4.79 Å². The number of alkyl carbamates (subject to hydrolysis) is 1. The Bertz CT molecular complexity index is 253. The zero-order chi connectivity index (χ0) is 11.1. The van der Waals surface area contributed by atoms with Crippen molar-refractivity contribution in [3.8, 4) is 0 Å². The molecule has 2 amide bonds. The average molecular weight is 212 g/mol. The van der Waals surface area contributed by atoms with Crippen LogP contribution in [-0.4, -0.2) is 36.5 Å². The zero-order valence-electron chi connectivity index (χ0n) is 8.70. The predicted octanol–water partition coefficient (Wildman–Crippen LogP) is 0.869. The number of carbonyl (C=O) groups is 2. The van der Waals surface area contributed by atoms with Crippen molar-refractivity contribution in [1.82, 2.24) is 10.2 Å². The molecule has 1 N–H and O–H groups in total. The molecule has 1 rings (SSSR count). The molecule has 0 aromatic carbocycles. The van der Waals surface area contributed by atoms with Gasteiger partial charge in [-0.3, -0.25) is 4.79 Å². The third-order valence-corrected chi connectivity index (χ3v) is 2.24. The number of hydrogen-bond acceptors (Lipinski definition) is 3. The fourth-order valence-electron chi connectivity index (χ4n) is 1.52. The maximum Gasteiger partial charge on any atom is 0.411 e. The lowest BCUT2D eigenvalue weighted by atomic mass is 10.4. The smallest absolute Gasteiger partial charge is 0.411 e. The summed E-state index contributed by atoms with van der Waals surface area (Å²) >= 11 is 0. The third-order valence-electron chi connectivity index (χ3n) is 2.24. The summed E-state index contributed by atoms with van der Waals surface area (Å²) < 4.78 is 4.47. The number of nitrogens with one attached hydrogen (secondary N) is 1. The van der Waals surface area contributed by atoms with Crippen LogP contribution in [-0.2, 0) is 9.53 Å². The maximum atomic E-state index is 11.2. The fraction of sp³-hybridized carbons (Fsp3) is 0.600. The van der Waals surface area contributed by atoms with E-state index in [-0.39, 0.29) is 5.91 Å². The first-order valence-corrected chi connectivity index (χ1v) is 5.07. The summed E-state index contributed by atoms with van der Waals surface area (Å²) in [6, 6.07) is 0. The van der Waals surface area contributed by atoms with Gasteiger partial charge >= 0.3 is 6.09 Å². The number of nitrogens with zero attached hydrogens (tertiary/aromatic N) is 1. The molecule has 5 nitrogen and oxygen atoms in total. The summed E-state index contributed by atoms with van der Waals surface area (Å²) in [5.74, 6) is 0.212. The second-order valence-electron chi connectivity index (χ2n) is 3.34. The van der Waals surface area contributed by atoms with Gasteiger partial charge in [-0.1, -0.05) is 6.58 Å². The van der Waals surface area contributed by atoms with Gasteiger partial charge in [0.2, 0.25) is 5.91 Å². The van der Waals surface area contributed by atoms with E-state index in [4.69, 9.17) is 0 Å². The van der Waals surface area contributed by atoms with Crippen molar-refractivity contribution >= 4 is 12.0 Å². The normalized spacial score (nSPS) is 15.2. The van der Waals surface area contributed by atoms with Crippen molar-refractivity contribution in [3.63, 3.8) is 0 Å². The Morgan fingerprint density at radius 3 is 3.07 bits per heavy atom. The van der Waals surface area contributed by atoms with E-state index in [1.165, 1.54) is 0 Å². The number of amides is 2. The molecule has 0 aromatic rings. The Kier molecular flexibility index (Phi) is 4.66. The van der Waals surface area contributed by atoms with Gasteiger partial charge in [0.1, 0.15) is 0 Å². The molecule has 0 bridgehead atoms. The SMILES string of the molecule is C=COC(=O)NCCCN1CCCC1=O. The number of likely N-dealkylation sites (tertiary alicyclic amines) is 1. The van der Waals surface area contributed by atoms with Crippen LogP contribution in [0.25, 0.3) is 0 Å². The first-order valence-electron chi connectivity index (χ1n) is 5.07. The largest absolute Gasteiger partial charge is 0.419 e. The summed E-state index contributed by atoms with van der Waals surface area (Å²) in [7, 11) is 0. The number of rotatable bonds is 5. The fourth-order valence-corrected chi connectivity index (χ4v) is 1.52. The first kappa shape index (κ1) is 11.6. The average Bonchev–Trinajstić information content (AvgIpc) is 2.60. The molecule has 0 aliphatic carbocycles. The molecule has 5 heteroatoms. The molecule has 15 heavy (non-hydrogen) atoms. The lowest BCUT2D eigenvalue weighted by molar-refractivity contribution is -0.127. The minimum absolute atomic E-state index is 0.212. The summed E-state index contributed by atoms with van der Waals surface area (Å²) in [5.41, 5.74) is 0. The molecule has 1 fully saturated rings. The van der Waals surface area contributed by atoms with Crippen molar-refractivity contribution in [2.24, 2.45) is 0 Å². The van der Waals surface area contributed by atoms with Crippen LogP contribution in [0, 0.1) is 0 Å². The molecule has 0 atom stereocenters. The van der Waals surface area contributed by atoms with E-state index in [1.807, 2.05) is 4.90 Å². The van der Waals surface area contributed by atoms with Crippen LogP contribution >= 0.6 is 0 Å². The van der Waals surface area contributed by atoms with Crippen LogP contribution in [0.15, 0.2) is 12.8 Å². The number of ether oxygens (including phenoxy) is 1. The van der Waals surface area contributed by atoms with Crippen molar-refractivity contribution in [3.05, 3.63) is 12.8 Å². The molecule has 0 unspecified atom stereocenters. The van der Waals surface area contributed by atoms with Crippen molar-refractivity contribution < 1.29 is 14.3 Å². The highest BCUT2D eigenvalue weighted by Crippen LogP contribution is 2.09. The molecule has 0 radical (unpaired) electrons. The van der Waals surface area contributed by atoms with Gasteiger partial charge in [-0.25, -0.2) is 4.79 Å². The first-order chi connectivity index (χ1) is 7.24. The molecule has 84 valence electrons. The van der Waals surface area contributed by atoms with Crippen LogP contribution in [0.5, 0.6) is 0 Å². The molecule has 1 aliphatic rings. The van der Waals surface area contributed by atoms with Gasteiger partial charge < -0.3 is 15.0 Å². The van der Waals surface area contributed by atoms with Crippen molar-refractivity contribution in [2.45, 2.75) is 19.3 Å². The van der Waals surface area contributed by atoms with Gasteiger partial charge in [0.15, 0.2) is 0 Å². The second kappa shape index (κ2) is 6.06. The van der Waals surface area contributed by atoms with Gasteiger partial charge in [0.05, 0.1) is 6.26 Å². The van der Waals surface area contributed by atoms with Crippen LogP contribution in [0.2, 0.25) is 0 Å². The lowest BCUT2D eigenvalue weighted by Crippen LogP contribution is -2.30. The molecular weight excluding hydrogens is 196 g/mol. The minimum Gasteiger partial charge on any atom is -0.419 e. The molecule has 1 aliphatic heterocycles. The molecule has 0 saturated carbocycles. The Hall–Kier alpha value is -1.52. The topological polar surface area (TPSA) is 58.6 Å². The highest BCUT2D eigenvalue weighted by molar-refractivity contribution is 5.78. The quantitative estimate of drug-likeness (QED) is 0.543. The Morgan fingerprint density at radius 1 is 1.67 bits per heavy atom. The van der Waals surface area contributed by atoms with E-state index < -0.39 is 6.09 Å². The van der Waals surface area contributed by atoms with Gasteiger partial charge in [-0.2, -0.15) is 0 Å². The number of hydrogen-bond donors (Lipinski definition) is 1. The Balaban J connectivity index is 2.03. The highest BCUT2D eigenvalue weighted by Gasteiger charge is 2.18. The molecule has 1 heterocycles. The third kappa shape index (κ3) is 4.01. The van der Waals surface area contributed by atoms with Gasteiger partial charge in [0.25, 0.3) is 0 Å². The van der Waals surface area contributed by atoms with Crippen LogP contribution in [0.1, 0.15) is 19.3 Å². The van der Waals surface area contributed by atoms with E-state index in [9.17, 15) is 9.59 Å².